The second-order valence-corrected chi connectivity index (χ2v) is 13.6. The molecule has 6 N–H and O–H groups in total. The third-order valence-corrected chi connectivity index (χ3v) is 7.40. The molecule has 2 aromatic rings. The Hall–Kier alpha value is -3.53. The molecule has 1 aliphatic heterocycles. The van der Waals surface area contributed by atoms with Crippen molar-refractivity contribution < 1.29 is 42.2 Å². The molecule has 2 amide bonds. The van der Waals surface area contributed by atoms with Gasteiger partial charge in [-0.05, 0) is 40.5 Å². The Labute approximate surface area is 249 Å². The average Bonchev–Trinajstić information content (AvgIpc) is 3.27. The first-order valence-electron chi connectivity index (χ1n) is 13.7. The topological polar surface area (TPSA) is 234 Å². The van der Waals surface area contributed by atoms with Crippen LogP contribution in [0.25, 0.3) is 11.2 Å². The van der Waals surface area contributed by atoms with Crippen molar-refractivity contribution in [3.63, 3.8) is 0 Å². The minimum atomic E-state index is -3.83. The smallest absolute Gasteiger partial charge is 0.408 e. The molecule has 0 bridgehead atoms. The first kappa shape index (κ1) is 34.0. The van der Waals surface area contributed by atoms with E-state index in [1.807, 2.05) is 0 Å². The quantitative estimate of drug-likeness (QED) is 0.204. The maximum atomic E-state index is 13.3. The number of ether oxygens (including phenoxy) is 3. The van der Waals surface area contributed by atoms with Crippen LogP contribution in [0, 0.1) is 5.92 Å². The van der Waals surface area contributed by atoms with E-state index in [4.69, 9.17) is 34.7 Å². The summed E-state index contributed by atoms with van der Waals surface area (Å²) in [7, 11) is -3.83. The van der Waals surface area contributed by atoms with Gasteiger partial charge >= 0.3 is 19.7 Å². The zero-order chi connectivity index (χ0) is 32.1. The van der Waals surface area contributed by atoms with Crippen LogP contribution in [0.15, 0.2) is 6.33 Å². The molecule has 4 atom stereocenters. The molecular weight excluding hydrogens is 587 g/mol. The summed E-state index contributed by atoms with van der Waals surface area (Å²) in [6, 6.07) is -2.41. The Morgan fingerprint density at radius 1 is 1.16 bits per heavy atom. The van der Waals surface area contributed by atoms with Crippen LogP contribution < -0.4 is 22.1 Å². The van der Waals surface area contributed by atoms with Crippen LogP contribution in [-0.2, 0) is 44.0 Å². The van der Waals surface area contributed by atoms with E-state index in [-0.39, 0.29) is 30.8 Å². The number of rotatable bonds is 11. The fourth-order valence-electron chi connectivity index (χ4n) is 3.90. The highest BCUT2D eigenvalue weighted by Crippen LogP contribution is 2.51. The van der Waals surface area contributed by atoms with Crippen LogP contribution in [0.5, 0.6) is 0 Å². The van der Waals surface area contributed by atoms with Gasteiger partial charge in [0.1, 0.15) is 29.6 Å². The molecule has 0 aromatic carbocycles. The summed E-state index contributed by atoms with van der Waals surface area (Å²) < 4.78 is 42.2. The number of amides is 2. The number of nitrogens with zero attached hydrogens (tertiary/aromatic N) is 4. The molecular formula is C25H41N8O9P. The van der Waals surface area contributed by atoms with Crippen LogP contribution in [-0.4, -0.2) is 86.9 Å². The first-order valence-corrected chi connectivity index (χ1v) is 15.4. The van der Waals surface area contributed by atoms with Crippen molar-refractivity contribution >= 4 is 48.5 Å². The highest BCUT2D eigenvalue weighted by Gasteiger charge is 2.37. The van der Waals surface area contributed by atoms with Gasteiger partial charge in [-0.25, -0.2) is 14.6 Å². The number of esters is 1. The molecule has 18 heteroatoms. The lowest BCUT2D eigenvalue weighted by atomic mass is 10.0. The van der Waals surface area contributed by atoms with Gasteiger partial charge in [-0.3, -0.25) is 9.36 Å². The summed E-state index contributed by atoms with van der Waals surface area (Å²) >= 11 is 0. The summed E-state index contributed by atoms with van der Waals surface area (Å²) in [5, 5.41) is 5.04. The van der Waals surface area contributed by atoms with Crippen molar-refractivity contribution in [1.29, 1.82) is 0 Å². The van der Waals surface area contributed by atoms with E-state index < -0.39 is 68.4 Å². The average molecular weight is 629 g/mol. The molecule has 240 valence electrons. The van der Waals surface area contributed by atoms with E-state index in [0.29, 0.717) is 11.2 Å². The van der Waals surface area contributed by atoms with Crippen LogP contribution in [0.1, 0.15) is 48.5 Å². The first-order chi connectivity index (χ1) is 20.0. The van der Waals surface area contributed by atoms with Gasteiger partial charge in [0.05, 0.1) is 32.2 Å². The number of fused-ring (bicyclic) bond motifs is 1. The summed E-state index contributed by atoms with van der Waals surface area (Å²) in [4.78, 5) is 50.5. The Balaban J connectivity index is 1.62. The van der Waals surface area contributed by atoms with Gasteiger partial charge in [0, 0.05) is 0 Å². The lowest BCUT2D eigenvalue weighted by molar-refractivity contribution is -0.152. The number of hydrogen-bond donors (Lipinski definition) is 4. The number of aromatic nitrogens is 4. The van der Waals surface area contributed by atoms with E-state index in [9.17, 15) is 18.9 Å². The zero-order valence-corrected chi connectivity index (χ0v) is 26.3. The van der Waals surface area contributed by atoms with E-state index in [1.54, 1.807) is 53.0 Å². The molecule has 0 spiro atoms. The van der Waals surface area contributed by atoms with Crippen molar-refractivity contribution in [2.45, 2.75) is 84.9 Å². The molecule has 3 rings (SSSR count). The number of alkyl carbamates (subject to hydrolysis) is 1. The molecule has 1 saturated heterocycles. The summed E-state index contributed by atoms with van der Waals surface area (Å²) in [6.45, 7) is 11.3. The monoisotopic (exact) mass is 628 g/mol. The molecule has 3 heterocycles. The number of carbonyl (C=O) groups excluding carboxylic acids is 3. The number of anilines is 2. The summed E-state index contributed by atoms with van der Waals surface area (Å²) in [6.07, 6.45) is -0.771. The van der Waals surface area contributed by atoms with Gasteiger partial charge in [-0.2, -0.15) is 9.97 Å². The van der Waals surface area contributed by atoms with E-state index >= 15 is 0 Å². The molecule has 0 radical (unpaired) electrons. The molecule has 17 nitrogen and oxygen atoms in total. The van der Waals surface area contributed by atoms with Crippen molar-refractivity contribution in [3.05, 3.63) is 6.33 Å². The van der Waals surface area contributed by atoms with Gasteiger partial charge in [0.15, 0.2) is 17.5 Å². The number of hydrogen-bond acceptors (Lipinski definition) is 14. The van der Waals surface area contributed by atoms with Gasteiger partial charge in [0.25, 0.3) is 0 Å². The second kappa shape index (κ2) is 13.8. The maximum Gasteiger partial charge on any atom is 0.408 e. The molecule has 43 heavy (non-hydrogen) atoms. The molecule has 1 fully saturated rings. The Bertz CT molecular complexity index is 1350. The van der Waals surface area contributed by atoms with Crippen molar-refractivity contribution in [3.8, 4) is 0 Å². The molecule has 0 aliphatic carbocycles. The van der Waals surface area contributed by atoms with Gasteiger partial charge in [-0.15, -0.1) is 0 Å². The third-order valence-electron chi connectivity index (χ3n) is 5.85. The molecule has 0 saturated carbocycles. The fourth-order valence-corrected chi connectivity index (χ4v) is 5.28. The maximum absolute atomic E-state index is 13.3. The van der Waals surface area contributed by atoms with Crippen LogP contribution in [0.2, 0.25) is 0 Å². The Morgan fingerprint density at radius 2 is 1.86 bits per heavy atom. The molecule has 1 aliphatic rings. The van der Waals surface area contributed by atoms with Gasteiger partial charge in [0.2, 0.25) is 11.9 Å². The number of nitrogens with one attached hydrogen (secondary N) is 2. The van der Waals surface area contributed by atoms with E-state index in [1.165, 1.54) is 6.33 Å². The molecule has 1 unspecified atom stereocenters. The SMILES string of the molecule is CC(C)OC(=O)[C@H](COP1(=O)CO[C@@H](Cn2cnc3c(N)nc(N)nc32)CO1)NC(=O)[C@@H](NC(=O)OC(C)(C)C)C(C)C. The minimum Gasteiger partial charge on any atom is -0.461 e. The zero-order valence-electron chi connectivity index (χ0n) is 25.4. The number of nitrogen functional groups attached to an aromatic ring is 2. The minimum absolute atomic E-state index is 0.0107. The van der Waals surface area contributed by atoms with Crippen LogP contribution >= 0.6 is 7.60 Å². The van der Waals surface area contributed by atoms with Crippen molar-refractivity contribution in [2.24, 2.45) is 5.92 Å². The van der Waals surface area contributed by atoms with Gasteiger partial charge < -0.3 is 49.9 Å². The van der Waals surface area contributed by atoms with Crippen LogP contribution in [0.4, 0.5) is 16.6 Å². The summed E-state index contributed by atoms with van der Waals surface area (Å²) in [5.74, 6) is -1.75. The normalized spacial score (nSPS) is 20.5. The Morgan fingerprint density at radius 3 is 2.44 bits per heavy atom. The van der Waals surface area contributed by atoms with E-state index in [0.717, 1.165) is 0 Å². The predicted octanol–water partition coefficient (Wildman–Crippen LogP) is 1.56. The van der Waals surface area contributed by atoms with Crippen molar-refractivity contribution in [2.75, 3.05) is 31.0 Å². The number of carbonyl (C=O) groups is 3. The largest absolute Gasteiger partial charge is 0.461 e. The Kier molecular flexibility index (Phi) is 10.9. The highest BCUT2D eigenvalue weighted by molar-refractivity contribution is 7.53. The van der Waals surface area contributed by atoms with Gasteiger partial charge in [-0.1, -0.05) is 13.8 Å². The molecule has 2 aromatic heterocycles. The highest BCUT2D eigenvalue weighted by atomic mass is 31.2. The lowest BCUT2D eigenvalue weighted by Gasteiger charge is -2.30. The second-order valence-electron chi connectivity index (χ2n) is 11.6. The summed E-state index contributed by atoms with van der Waals surface area (Å²) in [5.41, 5.74) is 11.5. The number of nitrogens with two attached hydrogens (primary N) is 2. The number of imidazole rings is 1. The third kappa shape index (κ3) is 9.74. The van der Waals surface area contributed by atoms with Crippen LogP contribution in [0.3, 0.4) is 0 Å². The van der Waals surface area contributed by atoms with Crippen molar-refractivity contribution in [1.82, 2.24) is 30.2 Å². The predicted molar refractivity (Wildman–Crippen MR) is 155 cm³/mol. The lowest BCUT2D eigenvalue weighted by Crippen LogP contribution is -2.55. The fraction of sp³-hybridized carbons (Fsp3) is 0.680. The standard InChI is InChI=1S/C25H41N8O9P/c1-13(2)17(30-24(36)42-25(5,6)7)21(34)29-16(22(35)41-14(3)4)10-40-43(37)12-38-15(9-39-43)8-33-11-28-18-19(26)31-23(27)32-20(18)33/h11,13-17H,8-10,12H2,1-7H3,(H,29,34)(H,30,36)(H4,26,27,31,32)/t15-,16-,17-,43?/m0/s1. The van der Waals surface area contributed by atoms with E-state index in [2.05, 4.69) is 25.6 Å².